The summed E-state index contributed by atoms with van der Waals surface area (Å²) in [4.78, 5) is 63.9. The predicted octanol–water partition coefficient (Wildman–Crippen LogP) is 5.21. The van der Waals surface area contributed by atoms with Gasteiger partial charge in [0.1, 0.15) is 33.9 Å². The van der Waals surface area contributed by atoms with Gasteiger partial charge in [0.05, 0.1) is 42.2 Å². The monoisotopic (exact) mass is 877 g/mol. The molecule has 0 aliphatic heterocycles. The molecule has 0 aliphatic rings. The number of nitrogens with zero attached hydrogens (tertiary/aromatic N) is 9. The van der Waals surface area contributed by atoms with Gasteiger partial charge in [-0.05, 0) is 95.3 Å². The summed E-state index contributed by atoms with van der Waals surface area (Å²) in [7, 11) is 3.22. The number of amides is 4. The molecule has 0 spiro atoms. The van der Waals surface area contributed by atoms with Crippen LogP contribution in [0.5, 0.6) is 11.5 Å². The van der Waals surface area contributed by atoms with Gasteiger partial charge >= 0.3 is 0 Å². The summed E-state index contributed by atoms with van der Waals surface area (Å²) in [5.41, 5.74) is 17.2. The number of imidazole rings is 2. The Kier molecular flexibility index (Phi) is 14.5. The van der Waals surface area contributed by atoms with Crippen LogP contribution in [0.2, 0.25) is 0 Å². The average Bonchev–Trinajstić information content (AvgIpc) is 4.01. The fraction of sp³-hybridized carbons (Fsp3) is 0.422. The van der Waals surface area contributed by atoms with E-state index in [2.05, 4.69) is 20.8 Å². The Morgan fingerprint density at radius 2 is 1.33 bits per heavy atom. The maximum Gasteiger partial charge on any atom is 0.276 e. The normalized spacial score (nSPS) is 12.1. The number of ether oxygens (including phenoxy) is 2. The lowest BCUT2D eigenvalue weighted by Gasteiger charge is -2.22. The number of carbonyl (C=O) groups excluding carboxylic acids is 4. The van der Waals surface area contributed by atoms with E-state index in [1.54, 1.807) is 44.1 Å². The van der Waals surface area contributed by atoms with Gasteiger partial charge in [0.2, 0.25) is 23.7 Å². The number of primary amides is 1. The van der Waals surface area contributed by atoms with Crippen molar-refractivity contribution in [2.45, 2.75) is 93.5 Å². The number of nitrogens with two attached hydrogens (primary N) is 2. The van der Waals surface area contributed by atoms with Crippen molar-refractivity contribution in [3.8, 4) is 11.5 Å². The summed E-state index contributed by atoms with van der Waals surface area (Å²) < 4.78 is 19.0. The van der Waals surface area contributed by atoms with E-state index in [9.17, 15) is 19.2 Å². The van der Waals surface area contributed by atoms with Gasteiger partial charge in [-0.15, -0.1) is 0 Å². The number of hydrogen-bond donors (Lipinski definition) is 4. The molecule has 0 radical (unpaired) electrons. The second kappa shape index (κ2) is 20.0. The first-order chi connectivity index (χ1) is 30.5. The maximum atomic E-state index is 13.8. The van der Waals surface area contributed by atoms with Crippen LogP contribution in [0.1, 0.15) is 88.8 Å². The highest BCUT2D eigenvalue weighted by Crippen LogP contribution is 2.33. The number of carbonyl (C=O) groups is 4. The van der Waals surface area contributed by atoms with Crippen molar-refractivity contribution >= 4 is 57.6 Å². The fourth-order valence-electron chi connectivity index (χ4n) is 7.66. The van der Waals surface area contributed by atoms with Crippen molar-refractivity contribution in [2.75, 3.05) is 37.9 Å². The number of rotatable bonds is 20. The number of allylic oxidation sites excluding steroid dienone is 2. The molecule has 4 amide bonds. The van der Waals surface area contributed by atoms with Crippen LogP contribution in [-0.4, -0.2) is 101 Å². The van der Waals surface area contributed by atoms with Crippen LogP contribution < -0.4 is 31.6 Å². The number of benzene rings is 2. The molecule has 19 nitrogen and oxygen atoms in total. The van der Waals surface area contributed by atoms with Crippen LogP contribution in [0.25, 0.3) is 22.1 Å². The summed E-state index contributed by atoms with van der Waals surface area (Å²) >= 11 is 0. The van der Waals surface area contributed by atoms with Crippen LogP contribution in [0.4, 0.5) is 11.9 Å². The highest BCUT2D eigenvalue weighted by molar-refractivity contribution is 6.05. The minimum atomic E-state index is -0.657. The first-order valence-electron chi connectivity index (χ1n) is 21.4. The van der Waals surface area contributed by atoms with Crippen molar-refractivity contribution in [3.05, 3.63) is 82.5 Å². The third kappa shape index (κ3) is 10.3. The maximum absolute atomic E-state index is 13.8. The van der Waals surface area contributed by atoms with Gasteiger partial charge in [-0.1, -0.05) is 26.0 Å². The molecule has 1 atom stereocenters. The Bertz CT molecular complexity index is 2720. The number of aryl methyl sites for hydroxylation is 5. The average molecular weight is 878 g/mol. The molecule has 64 heavy (non-hydrogen) atoms. The van der Waals surface area contributed by atoms with E-state index in [1.807, 2.05) is 77.3 Å². The van der Waals surface area contributed by atoms with Crippen LogP contribution in [-0.2, 0) is 31.0 Å². The van der Waals surface area contributed by atoms with Crippen LogP contribution in [0.15, 0.2) is 48.6 Å². The fourth-order valence-corrected chi connectivity index (χ4v) is 7.66. The number of fused-ring (bicyclic) bond motifs is 2. The largest absolute Gasteiger partial charge is 0.494 e. The molecule has 0 aliphatic carbocycles. The lowest BCUT2D eigenvalue weighted by atomic mass is 10.0. The van der Waals surface area contributed by atoms with E-state index in [0.717, 1.165) is 5.56 Å². The van der Waals surface area contributed by atoms with E-state index in [-0.39, 0.29) is 42.4 Å². The molecule has 4 aromatic heterocycles. The Hall–Kier alpha value is -7.02. The summed E-state index contributed by atoms with van der Waals surface area (Å²) in [5.74, 6) is 0.120. The van der Waals surface area contributed by atoms with E-state index in [0.29, 0.717) is 101 Å². The quantitative estimate of drug-likeness (QED) is 0.0574. The Morgan fingerprint density at radius 3 is 1.83 bits per heavy atom. The summed E-state index contributed by atoms with van der Waals surface area (Å²) in [5, 5.41) is 14.8. The van der Waals surface area contributed by atoms with Crippen molar-refractivity contribution in [3.63, 3.8) is 0 Å². The van der Waals surface area contributed by atoms with Crippen molar-refractivity contribution in [1.29, 1.82) is 0 Å². The predicted molar refractivity (Wildman–Crippen MR) is 245 cm³/mol. The molecular weight excluding hydrogens is 819 g/mol. The zero-order valence-corrected chi connectivity index (χ0v) is 38.1. The highest BCUT2D eigenvalue weighted by Gasteiger charge is 2.24. The zero-order valence-electron chi connectivity index (χ0n) is 38.1. The van der Waals surface area contributed by atoms with Gasteiger partial charge in [-0.3, -0.25) is 39.2 Å². The molecule has 0 bridgehead atoms. The van der Waals surface area contributed by atoms with E-state index >= 15 is 0 Å². The second-order valence-corrected chi connectivity index (χ2v) is 16.2. The Labute approximate surface area is 371 Å². The number of likely N-dealkylation sites (N-methyl/N-ethyl adjacent to an activating group) is 1. The Morgan fingerprint density at radius 1 is 0.797 bits per heavy atom. The van der Waals surface area contributed by atoms with Crippen LogP contribution in [0.3, 0.4) is 0 Å². The zero-order chi connectivity index (χ0) is 46.4. The van der Waals surface area contributed by atoms with Crippen LogP contribution in [0, 0.1) is 26.7 Å². The van der Waals surface area contributed by atoms with E-state index in [4.69, 9.17) is 30.9 Å². The van der Waals surface area contributed by atoms with Gasteiger partial charge in [-0.25, -0.2) is 9.97 Å². The number of methoxy groups -OCH3 is 1. The second-order valence-electron chi connectivity index (χ2n) is 16.2. The Balaban J connectivity index is 1.34. The molecular formula is C45H59N13O6. The number of aromatic nitrogens is 8. The third-order valence-corrected chi connectivity index (χ3v) is 10.6. The smallest absolute Gasteiger partial charge is 0.276 e. The summed E-state index contributed by atoms with van der Waals surface area (Å²) in [6, 6.07) is 9.80. The van der Waals surface area contributed by atoms with Gasteiger partial charge in [0.25, 0.3) is 11.8 Å². The van der Waals surface area contributed by atoms with Gasteiger partial charge in [0.15, 0.2) is 0 Å². The lowest BCUT2D eigenvalue weighted by Crippen LogP contribution is -2.43. The molecule has 6 aromatic rings. The minimum absolute atomic E-state index is 0.109. The molecule has 6 N–H and O–H groups in total. The first kappa shape index (κ1) is 46.5. The standard InChI is InChI=1S/C45H59N13O6/c1-10-57-34(22-28(6)52-57)41(60)50-44-48-32-20-27(5)21-37(64-18-14-15-54(8)43(62)31(46)19-26(3)4)39(32)56(44)17-13-12-16-55-38-33(24-30(40(47)59)25-36(38)63-9)49-45(55)51-42(61)35-23-29(7)53-58(35)11-2/h12-13,20-26,31H,10-11,14-19,46H2,1-9H3,(H2,47,59)(H,48,50,60)(H,49,51,61)/b13-12+. The van der Waals surface area contributed by atoms with E-state index < -0.39 is 17.9 Å². The summed E-state index contributed by atoms with van der Waals surface area (Å²) in [6.07, 6.45) is 4.94. The van der Waals surface area contributed by atoms with Gasteiger partial charge < -0.3 is 35.0 Å². The first-order valence-corrected chi connectivity index (χ1v) is 21.4. The topological polar surface area (TPSA) is 237 Å². The molecule has 19 heteroatoms. The molecule has 0 saturated carbocycles. The van der Waals surface area contributed by atoms with Crippen molar-refractivity contribution in [2.24, 2.45) is 17.4 Å². The number of nitrogens with one attached hydrogen (secondary N) is 2. The highest BCUT2D eigenvalue weighted by atomic mass is 16.5. The molecule has 0 saturated heterocycles. The van der Waals surface area contributed by atoms with Crippen molar-refractivity contribution in [1.82, 2.24) is 43.6 Å². The van der Waals surface area contributed by atoms with Gasteiger partial charge in [0, 0.05) is 45.3 Å². The SMILES string of the molecule is CCn1nc(C)cc1C(=O)Nc1nc2cc(C(N)=O)cc(OC)c2n1C/C=C/Cn1c(NC(=O)c2cc(C)nn2CC)nc2cc(C)cc(OCCCN(C)C(=O)C(N)CC(C)C)c21. The molecule has 2 aromatic carbocycles. The number of anilines is 2. The van der Waals surface area contributed by atoms with Crippen molar-refractivity contribution < 1.29 is 28.7 Å². The third-order valence-electron chi connectivity index (χ3n) is 10.6. The molecule has 0 fully saturated rings. The minimum Gasteiger partial charge on any atom is -0.494 e. The summed E-state index contributed by atoms with van der Waals surface area (Å²) in [6.45, 7) is 15.6. The molecule has 4 heterocycles. The lowest BCUT2D eigenvalue weighted by molar-refractivity contribution is -0.131. The molecule has 1 unspecified atom stereocenters. The number of hydrogen-bond acceptors (Lipinski definition) is 11. The van der Waals surface area contributed by atoms with Crippen LogP contribution >= 0.6 is 0 Å². The molecule has 6 rings (SSSR count). The van der Waals surface area contributed by atoms with E-state index in [1.165, 1.54) is 13.2 Å². The molecule has 340 valence electrons. The van der Waals surface area contributed by atoms with Gasteiger partial charge in [-0.2, -0.15) is 10.2 Å².